The van der Waals surface area contributed by atoms with Crippen LogP contribution in [0.2, 0.25) is 15.1 Å². The second kappa shape index (κ2) is 8.49. The number of nitrogens with two attached hydrogens (primary N) is 1. The number of benzene rings is 2. The van der Waals surface area contributed by atoms with Gasteiger partial charge < -0.3 is 10.5 Å². The van der Waals surface area contributed by atoms with E-state index < -0.39 is 5.91 Å². The predicted octanol–water partition coefficient (Wildman–Crippen LogP) is 4.79. The van der Waals surface area contributed by atoms with Crippen LogP contribution in [-0.2, 0) is 6.54 Å². The van der Waals surface area contributed by atoms with Crippen molar-refractivity contribution >= 4 is 40.7 Å². The van der Waals surface area contributed by atoms with E-state index in [4.69, 9.17) is 45.3 Å². The first-order valence-electron chi connectivity index (χ1n) is 8.34. The average Bonchev–Trinajstić information content (AvgIpc) is 2.61. The normalized spacial score (nSPS) is 15.8. The standard InChI is InChI=1S/C19H19Cl3N2O2/c20-15-3-1-12(9-16(15)21)11-24-7-5-14(6-8-24)26-18-4-2-13(19(23)25)10-17(18)22/h1-4,9-10,14H,5-8,11H2,(H2,23,25). The highest BCUT2D eigenvalue weighted by Crippen LogP contribution is 2.29. The predicted molar refractivity (Wildman–Crippen MR) is 105 cm³/mol. The fourth-order valence-corrected chi connectivity index (χ4v) is 3.56. The molecule has 0 aromatic heterocycles. The van der Waals surface area contributed by atoms with Crippen molar-refractivity contribution in [3.05, 3.63) is 62.6 Å². The van der Waals surface area contributed by atoms with Crippen LogP contribution >= 0.6 is 34.8 Å². The molecule has 1 aliphatic rings. The third kappa shape index (κ3) is 4.83. The summed E-state index contributed by atoms with van der Waals surface area (Å²) in [6.07, 6.45) is 1.89. The van der Waals surface area contributed by atoms with Crippen LogP contribution in [0.4, 0.5) is 0 Å². The van der Waals surface area contributed by atoms with E-state index in [0.717, 1.165) is 38.0 Å². The highest BCUT2D eigenvalue weighted by atomic mass is 35.5. The lowest BCUT2D eigenvalue weighted by atomic mass is 10.1. The summed E-state index contributed by atoms with van der Waals surface area (Å²) in [5.41, 5.74) is 6.77. The maximum absolute atomic E-state index is 11.2. The van der Waals surface area contributed by atoms with Gasteiger partial charge in [-0.05, 0) is 48.7 Å². The smallest absolute Gasteiger partial charge is 0.248 e. The number of halogens is 3. The molecule has 1 saturated heterocycles. The van der Waals surface area contributed by atoms with Crippen molar-refractivity contribution in [3.63, 3.8) is 0 Å². The van der Waals surface area contributed by atoms with Crippen molar-refractivity contribution in [2.75, 3.05) is 13.1 Å². The van der Waals surface area contributed by atoms with Crippen molar-refractivity contribution in [1.82, 2.24) is 4.90 Å². The van der Waals surface area contributed by atoms with Crippen LogP contribution < -0.4 is 10.5 Å². The molecule has 2 aromatic rings. The van der Waals surface area contributed by atoms with E-state index in [1.54, 1.807) is 18.2 Å². The zero-order chi connectivity index (χ0) is 18.7. The van der Waals surface area contributed by atoms with Crippen LogP contribution in [0.3, 0.4) is 0 Å². The molecule has 4 nitrogen and oxygen atoms in total. The van der Waals surface area contributed by atoms with Crippen molar-refractivity contribution in [2.45, 2.75) is 25.5 Å². The van der Waals surface area contributed by atoms with Crippen LogP contribution in [0.15, 0.2) is 36.4 Å². The number of carbonyl (C=O) groups is 1. The van der Waals surface area contributed by atoms with E-state index in [1.807, 2.05) is 18.2 Å². The maximum atomic E-state index is 11.2. The molecule has 3 rings (SSSR count). The van der Waals surface area contributed by atoms with Crippen LogP contribution in [0.25, 0.3) is 0 Å². The highest BCUT2D eigenvalue weighted by molar-refractivity contribution is 6.42. The first-order valence-corrected chi connectivity index (χ1v) is 9.48. The first kappa shape index (κ1) is 19.3. The second-order valence-electron chi connectivity index (χ2n) is 6.35. The summed E-state index contributed by atoms with van der Waals surface area (Å²) in [5.74, 6) is 0.0775. The van der Waals surface area contributed by atoms with Gasteiger partial charge in [0.1, 0.15) is 11.9 Å². The van der Waals surface area contributed by atoms with Gasteiger partial charge >= 0.3 is 0 Å². The minimum Gasteiger partial charge on any atom is -0.489 e. The molecular weight excluding hydrogens is 395 g/mol. The van der Waals surface area contributed by atoms with Gasteiger partial charge in [-0.2, -0.15) is 0 Å². The molecule has 0 aliphatic carbocycles. The number of nitrogens with zero attached hydrogens (tertiary/aromatic N) is 1. The lowest BCUT2D eigenvalue weighted by Crippen LogP contribution is -2.37. The molecule has 7 heteroatoms. The summed E-state index contributed by atoms with van der Waals surface area (Å²) in [6, 6.07) is 10.6. The Balaban J connectivity index is 1.53. The Morgan fingerprint density at radius 1 is 1.04 bits per heavy atom. The van der Waals surface area contributed by atoms with Gasteiger partial charge in [-0.1, -0.05) is 40.9 Å². The molecular formula is C19H19Cl3N2O2. The van der Waals surface area contributed by atoms with Gasteiger partial charge in [0.15, 0.2) is 0 Å². The molecule has 1 heterocycles. The Morgan fingerprint density at radius 3 is 2.38 bits per heavy atom. The van der Waals surface area contributed by atoms with E-state index in [0.29, 0.717) is 26.4 Å². The van der Waals surface area contributed by atoms with E-state index >= 15 is 0 Å². The minimum atomic E-state index is -0.505. The third-order valence-corrected chi connectivity index (χ3v) is 5.47. The van der Waals surface area contributed by atoms with Gasteiger partial charge in [-0.15, -0.1) is 0 Å². The summed E-state index contributed by atoms with van der Waals surface area (Å²) >= 11 is 18.2. The van der Waals surface area contributed by atoms with Crippen molar-refractivity contribution in [2.24, 2.45) is 5.73 Å². The largest absolute Gasteiger partial charge is 0.489 e. The Bertz CT molecular complexity index is 805. The molecule has 2 aromatic carbocycles. The number of rotatable bonds is 5. The fraction of sp³-hybridized carbons (Fsp3) is 0.316. The average molecular weight is 414 g/mol. The molecule has 1 amide bonds. The highest BCUT2D eigenvalue weighted by Gasteiger charge is 2.21. The Morgan fingerprint density at radius 2 is 1.77 bits per heavy atom. The first-order chi connectivity index (χ1) is 12.4. The fourth-order valence-electron chi connectivity index (χ4n) is 3.01. The number of likely N-dealkylation sites (tertiary alicyclic amines) is 1. The van der Waals surface area contributed by atoms with Crippen LogP contribution in [-0.4, -0.2) is 30.0 Å². The summed E-state index contributed by atoms with van der Waals surface area (Å²) in [6.45, 7) is 2.67. The Kier molecular flexibility index (Phi) is 6.30. The minimum absolute atomic E-state index is 0.0944. The monoisotopic (exact) mass is 412 g/mol. The number of ether oxygens (including phenoxy) is 1. The Labute approximate surface area is 167 Å². The number of primary amides is 1. The number of hydrogen-bond donors (Lipinski definition) is 1. The molecule has 0 atom stereocenters. The second-order valence-corrected chi connectivity index (χ2v) is 7.57. The number of hydrogen-bond acceptors (Lipinski definition) is 3. The van der Waals surface area contributed by atoms with E-state index in [-0.39, 0.29) is 6.10 Å². The number of carbonyl (C=O) groups excluding carboxylic acids is 1. The van der Waals surface area contributed by atoms with Crippen molar-refractivity contribution < 1.29 is 9.53 Å². The van der Waals surface area contributed by atoms with Gasteiger partial charge in [0.05, 0.1) is 15.1 Å². The van der Waals surface area contributed by atoms with Gasteiger partial charge in [-0.3, -0.25) is 9.69 Å². The van der Waals surface area contributed by atoms with Gasteiger partial charge in [0.25, 0.3) is 0 Å². The zero-order valence-corrected chi connectivity index (χ0v) is 16.3. The molecule has 1 fully saturated rings. The maximum Gasteiger partial charge on any atom is 0.248 e. The molecule has 0 spiro atoms. The van der Waals surface area contributed by atoms with Gasteiger partial charge in [0.2, 0.25) is 5.91 Å². The van der Waals surface area contributed by atoms with E-state index in [2.05, 4.69) is 4.90 Å². The van der Waals surface area contributed by atoms with Crippen LogP contribution in [0, 0.1) is 0 Å². The lowest BCUT2D eigenvalue weighted by molar-refractivity contribution is 0.0967. The van der Waals surface area contributed by atoms with Crippen LogP contribution in [0.1, 0.15) is 28.8 Å². The molecule has 0 unspecified atom stereocenters. The molecule has 1 aliphatic heterocycles. The number of amides is 1. The quantitative estimate of drug-likeness (QED) is 0.767. The lowest BCUT2D eigenvalue weighted by Gasteiger charge is -2.32. The van der Waals surface area contributed by atoms with E-state index in [1.165, 1.54) is 0 Å². The van der Waals surface area contributed by atoms with Gasteiger partial charge in [0, 0.05) is 25.2 Å². The molecule has 0 radical (unpaired) electrons. The number of piperidine rings is 1. The Hall–Kier alpha value is -1.46. The molecule has 26 heavy (non-hydrogen) atoms. The van der Waals surface area contributed by atoms with Gasteiger partial charge in [-0.25, -0.2) is 0 Å². The molecule has 0 bridgehead atoms. The zero-order valence-electron chi connectivity index (χ0n) is 14.1. The van der Waals surface area contributed by atoms with Crippen molar-refractivity contribution in [3.8, 4) is 5.75 Å². The summed E-state index contributed by atoms with van der Waals surface area (Å²) < 4.78 is 6.00. The summed E-state index contributed by atoms with van der Waals surface area (Å²) in [4.78, 5) is 13.5. The summed E-state index contributed by atoms with van der Waals surface area (Å²) in [7, 11) is 0. The third-order valence-electron chi connectivity index (χ3n) is 4.43. The SMILES string of the molecule is NC(=O)c1ccc(OC2CCN(Cc3ccc(Cl)c(Cl)c3)CC2)c(Cl)c1. The molecule has 2 N–H and O–H groups in total. The van der Waals surface area contributed by atoms with Crippen LogP contribution in [0.5, 0.6) is 5.75 Å². The topological polar surface area (TPSA) is 55.6 Å². The molecule has 138 valence electrons. The summed E-state index contributed by atoms with van der Waals surface area (Å²) in [5, 5.41) is 1.55. The molecule has 0 saturated carbocycles. The van der Waals surface area contributed by atoms with Crippen molar-refractivity contribution in [1.29, 1.82) is 0 Å². The van der Waals surface area contributed by atoms with E-state index in [9.17, 15) is 4.79 Å².